The molecule has 0 amide bonds. The standard InChI is InChI=1S/C16H19NO2S/c1-3-15-9-4-5-10-16(15)17-20(18,19)12-14-8-6-7-13(2)11-14/h4-11,17H,3,12H2,1-2H3. The van der Waals surface area contributed by atoms with Gasteiger partial charge in [-0.05, 0) is 30.5 Å². The van der Waals surface area contributed by atoms with E-state index < -0.39 is 10.0 Å². The molecule has 2 rings (SSSR count). The molecule has 0 bridgehead atoms. The van der Waals surface area contributed by atoms with Crippen LogP contribution in [0.1, 0.15) is 23.6 Å². The van der Waals surface area contributed by atoms with Crippen LogP contribution in [-0.4, -0.2) is 8.42 Å². The van der Waals surface area contributed by atoms with Crippen LogP contribution in [-0.2, 0) is 22.2 Å². The number of hydrogen-bond acceptors (Lipinski definition) is 2. The van der Waals surface area contributed by atoms with Crippen LogP contribution in [0.3, 0.4) is 0 Å². The Bertz CT molecular complexity index is 693. The topological polar surface area (TPSA) is 46.2 Å². The van der Waals surface area contributed by atoms with Gasteiger partial charge in [-0.2, -0.15) is 0 Å². The molecule has 0 unspecified atom stereocenters. The molecule has 4 heteroatoms. The van der Waals surface area contributed by atoms with Crippen molar-refractivity contribution in [3.05, 3.63) is 65.2 Å². The maximum Gasteiger partial charge on any atom is 0.236 e. The molecule has 0 saturated carbocycles. The fraction of sp³-hybridized carbons (Fsp3) is 0.250. The number of anilines is 1. The van der Waals surface area contributed by atoms with Gasteiger partial charge in [0.15, 0.2) is 0 Å². The molecule has 2 aromatic rings. The average Bonchev–Trinajstić information content (AvgIpc) is 2.38. The van der Waals surface area contributed by atoms with Crippen LogP contribution < -0.4 is 4.72 Å². The quantitative estimate of drug-likeness (QED) is 0.915. The summed E-state index contributed by atoms with van der Waals surface area (Å²) in [5, 5.41) is 0. The fourth-order valence-electron chi connectivity index (χ4n) is 2.15. The molecule has 0 atom stereocenters. The van der Waals surface area contributed by atoms with E-state index in [0.29, 0.717) is 5.69 Å². The van der Waals surface area contributed by atoms with Crippen molar-refractivity contribution >= 4 is 15.7 Å². The van der Waals surface area contributed by atoms with Gasteiger partial charge in [-0.25, -0.2) is 8.42 Å². The van der Waals surface area contributed by atoms with E-state index in [9.17, 15) is 8.42 Å². The smallest absolute Gasteiger partial charge is 0.236 e. The Balaban J connectivity index is 2.19. The van der Waals surface area contributed by atoms with Crippen molar-refractivity contribution in [3.8, 4) is 0 Å². The molecule has 0 aliphatic carbocycles. The van der Waals surface area contributed by atoms with E-state index in [4.69, 9.17) is 0 Å². The van der Waals surface area contributed by atoms with Gasteiger partial charge in [-0.3, -0.25) is 4.72 Å². The van der Waals surface area contributed by atoms with Gasteiger partial charge in [0.2, 0.25) is 10.0 Å². The molecule has 0 aromatic heterocycles. The summed E-state index contributed by atoms with van der Waals surface area (Å²) in [6, 6.07) is 15.0. The number of para-hydroxylation sites is 1. The molecule has 0 fully saturated rings. The van der Waals surface area contributed by atoms with Crippen LogP contribution >= 0.6 is 0 Å². The average molecular weight is 289 g/mol. The number of aryl methyl sites for hydroxylation is 2. The zero-order valence-corrected chi connectivity index (χ0v) is 12.6. The second kappa shape index (κ2) is 6.09. The minimum absolute atomic E-state index is 0.00721. The third-order valence-electron chi connectivity index (χ3n) is 3.10. The van der Waals surface area contributed by atoms with Crippen molar-refractivity contribution in [2.75, 3.05) is 4.72 Å². The van der Waals surface area contributed by atoms with E-state index in [-0.39, 0.29) is 5.75 Å². The molecule has 0 aliphatic rings. The van der Waals surface area contributed by atoms with Crippen LogP contribution in [0.4, 0.5) is 5.69 Å². The van der Waals surface area contributed by atoms with Crippen molar-refractivity contribution < 1.29 is 8.42 Å². The molecule has 1 N–H and O–H groups in total. The normalized spacial score (nSPS) is 11.3. The highest BCUT2D eigenvalue weighted by Gasteiger charge is 2.13. The lowest BCUT2D eigenvalue weighted by atomic mass is 10.1. The third-order valence-corrected chi connectivity index (χ3v) is 4.35. The lowest BCUT2D eigenvalue weighted by Crippen LogP contribution is -2.16. The SMILES string of the molecule is CCc1ccccc1NS(=O)(=O)Cc1cccc(C)c1. The van der Waals surface area contributed by atoms with E-state index >= 15 is 0 Å². The van der Waals surface area contributed by atoms with Gasteiger partial charge in [0.25, 0.3) is 0 Å². The zero-order chi connectivity index (χ0) is 14.6. The summed E-state index contributed by atoms with van der Waals surface area (Å²) in [4.78, 5) is 0. The van der Waals surface area contributed by atoms with Gasteiger partial charge in [-0.15, -0.1) is 0 Å². The van der Waals surface area contributed by atoms with Crippen molar-refractivity contribution in [1.29, 1.82) is 0 Å². The van der Waals surface area contributed by atoms with E-state index in [1.165, 1.54) is 0 Å². The number of sulfonamides is 1. The molecule has 0 aliphatic heterocycles. The predicted octanol–water partition coefficient (Wildman–Crippen LogP) is 3.50. The summed E-state index contributed by atoms with van der Waals surface area (Å²) in [6.45, 7) is 3.96. The highest BCUT2D eigenvalue weighted by atomic mass is 32.2. The molecule has 0 heterocycles. The summed E-state index contributed by atoms with van der Waals surface area (Å²) in [5.41, 5.74) is 3.53. The summed E-state index contributed by atoms with van der Waals surface area (Å²) in [5.74, 6) is -0.00721. The molecule has 20 heavy (non-hydrogen) atoms. The van der Waals surface area contributed by atoms with Crippen LogP contribution in [0.5, 0.6) is 0 Å². The second-order valence-electron chi connectivity index (χ2n) is 4.86. The van der Waals surface area contributed by atoms with Crippen LogP contribution in [0, 0.1) is 6.92 Å². The number of hydrogen-bond donors (Lipinski definition) is 1. The Labute approximate surface area is 120 Å². The molecule has 3 nitrogen and oxygen atoms in total. The van der Waals surface area contributed by atoms with Gasteiger partial charge < -0.3 is 0 Å². The third kappa shape index (κ3) is 3.84. The van der Waals surface area contributed by atoms with Crippen LogP contribution in [0.2, 0.25) is 0 Å². The van der Waals surface area contributed by atoms with Crippen molar-refractivity contribution in [1.82, 2.24) is 0 Å². The first kappa shape index (κ1) is 14.6. The summed E-state index contributed by atoms with van der Waals surface area (Å²) < 4.78 is 27.2. The highest BCUT2D eigenvalue weighted by Crippen LogP contribution is 2.18. The molecule has 0 radical (unpaired) electrons. The van der Waals surface area contributed by atoms with Gasteiger partial charge in [-0.1, -0.05) is 55.0 Å². The minimum atomic E-state index is -3.39. The Morgan fingerprint density at radius 1 is 1.05 bits per heavy atom. The molecular weight excluding hydrogens is 270 g/mol. The van der Waals surface area contributed by atoms with Crippen molar-refractivity contribution in [2.45, 2.75) is 26.0 Å². The second-order valence-corrected chi connectivity index (χ2v) is 6.58. The first-order valence-corrected chi connectivity index (χ1v) is 8.29. The molecule has 2 aromatic carbocycles. The lowest BCUT2D eigenvalue weighted by molar-refractivity contribution is 0.600. The maximum atomic E-state index is 12.2. The van der Waals surface area contributed by atoms with Gasteiger partial charge in [0.05, 0.1) is 11.4 Å². The summed E-state index contributed by atoms with van der Waals surface area (Å²) >= 11 is 0. The number of rotatable bonds is 5. The maximum absolute atomic E-state index is 12.2. The number of benzene rings is 2. The largest absolute Gasteiger partial charge is 0.283 e. The Morgan fingerprint density at radius 3 is 2.50 bits per heavy atom. The van der Waals surface area contributed by atoms with Crippen LogP contribution in [0.25, 0.3) is 0 Å². The number of nitrogens with one attached hydrogen (secondary N) is 1. The summed E-state index contributed by atoms with van der Waals surface area (Å²) in [7, 11) is -3.39. The van der Waals surface area contributed by atoms with Crippen molar-refractivity contribution in [3.63, 3.8) is 0 Å². The lowest BCUT2D eigenvalue weighted by Gasteiger charge is -2.11. The van der Waals surface area contributed by atoms with E-state index in [1.807, 2.05) is 56.3 Å². The van der Waals surface area contributed by atoms with Crippen molar-refractivity contribution in [2.24, 2.45) is 0 Å². The first-order chi connectivity index (χ1) is 9.50. The highest BCUT2D eigenvalue weighted by molar-refractivity contribution is 7.91. The Morgan fingerprint density at radius 2 is 1.80 bits per heavy atom. The first-order valence-electron chi connectivity index (χ1n) is 6.64. The van der Waals surface area contributed by atoms with Crippen LogP contribution in [0.15, 0.2) is 48.5 Å². The molecule has 0 saturated heterocycles. The molecular formula is C16H19NO2S. The minimum Gasteiger partial charge on any atom is -0.283 e. The summed E-state index contributed by atoms with van der Waals surface area (Å²) in [6.07, 6.45) is 0.795. The predicted molar refractivity (Wildman–Crippen MR) is 83.2 cm³/mol. The monoisotopic (exact) mass is 289 g/mol. The molecule has 106 valence electrons. The van der Waals surface area contributed by atoms with E-state index in [0.717, 1.165) is 23.1 Å². The van der Waals surface area contributed by atoms with E-state index in [2.05, 4.69) is 4.72 Å². The Hall–Kier alpha value is -1.81. The fourth-order valence-corrected chi connectivity index (χ4v) is 3.38. The molecule has 0 spiro atoms. The Kier molecular flexibility index (Phi) is 4.45. The van der Waals surface area contributed by atoms with Gasteiger partial charge in [0.1, 0.15) is 0 Å². The van der Waals surface area contributed by atoms with E-state index in [1.54, 1.807) is 6.07 Å². The van der Waals surface area contributed by atoms with Gasteiger partial charge >= 0.3 is 0 Å². The van der Waals surface area contributed by atoms with Gasteiger partial charge in [0, 0.05) is 0 Å². The zero-order valence-electron chi connectivity index (χ0n) is 11.8.